The number of allylic oxidation sites excluding steroid dienone is 2. The van der Waals surface area contributed by atoms with Crippen LogP contribution in [0.25, 0.3) is 0 Å². The standard InChI is InChI=1S/C15H22O4/c1-5-18-14(16)10(3)12-7-8-13(9-12)11(4)15(17)19-6-2/h7,9-11H,5-6,8H2,1-4H3/t10-,11-/m0/s1. The van der Waals surface area contributed by atoms with Gasteiger partial charge in [0.25, 0.3) is 0 Å². The van der Waals surface area contributed by atoms with Gasteiger partial charge in [0, 0.05) is 0 Å². The summed E-state index contributed by atoms with van der Waals surface area (Å²) in [6, 6.07) is 0. The van der Waals surface area contributed by atoms with E-state index < -0.39 is 0 Å². The monoisotopic (exact) mass is 266 g/mol. The molecule has 0 fully saturated rings. The van der Waals surface area contributed by atoms with Gasteiger partial charge in [0.1, 0.15) is 0 Å². The first-order valence-corrected chi connectivity index (χ1v) is 6.75. The van der Waals surface area contributed by atoms with Gasteiger partial charge >= 0.3 is 11.9 Å². The summed E-state index contributed by atoms with van der Waals surface area (Å²) in [6.45, 7) is 7.99. The van der Waals surface area contributed by atoms with Crippen molar-refractivity contribution in [3.05, 3.63) is 23.3 Å². The lowest BCUT2D eigenvalue weighted by molar-refractivity contribution is -0.146. The van der Waals surface area contributed by atoms with Crippen molar-refractivity contribution in [1.29, 1.82) is 0 Å². The Bertz CT molecular complexity index is 406. The van der Waals surface area contributed by atoms with E-state index in [0.717, 1.165) is 11.1 Å². The van der Waals surface area contributed by atoms with Gasteiger partial charge in [-0.15, -0.1) is 0 Å². The van der Waals surface area contributed by atoms with Crippen molar-refractivity contribution in [2.24, 2.45) is 11.8 Å². The molecule has 106 valence electrons. The molecule has 4 nitrogen and oxygen atoms in total. The molecule has 19 heavy (non-hydrogen) atoms. The second-order valence-electron chi connectivity index (χ2n) is 4.57. The first kappa shape index (κ1) is 15.5. The zero-order valence-electron chi connectivity index (χ0n) is 12.1. The Morgan fingerprint density at radius 2 is 1.63 bits per heavy atom. The Labute approximate surface area is 114 Å². The zero-order valence-corrected chi connectivity index (χ0v) is 12.1. The molecule has 0 heterocycles. The summed E-state index contributed by atoms with van der Waals surface area (Å²) in [5.41, 5.74) is 1.91. The van der Waals surface area contributed by atoms with Crippen LogP contribution in [0.5, 0.6) is 0 Å². The maximum absolute atomic E-state index is 11.7. The van der Waals surface area contributed by atoms with Crippen LogP contribution in [0, 0.1) is 11.8 Å². The average Bonchev–Trinajstić information content (AvgIpc) is 2.87. The molecule has 4 heteroatoms. The van der Waals surface area contributed by atoms with Crippen molar-refractivity contribution >= 4 is 11.9 Å². The van der Waals surface area contributed by atoms with Gasteiger partial charge < -0.3 is 9.47 Å². The Morgan fingerprint density at radius 3 is 2.16 bits per heavy atom. The quantitative estimate of drug-likeness (QED) is 0.693. The third-order valence-electron chi connectivity index (χ3n) is 3.26. The second-order valence-corrected chi connectivity index (χ2v) is 4.57. The highest BCUT2D eigenvalue weighted by molar-refractivity contribution is 5.79. The molecule has 0 saturated heterocycles. The molecule has 0 aromatic carbocycles. The van der Waals surface area contributed by atoms with Gasteiger partial charge in [-0.2, -0.15) is 0 Å². The third kappa shape index (κ3) is 3.94. The van der Waals surface area contributed by atoms with Gasteiger partial charge in [-0.3, -0.25) is 9.59 Å². The van der Waals surface area contributed by atoms with E-state index in [1.54, 1.807) is 13.8 Å². The molecule has 0 N–H and O–H groups in total. The minimum Gasteiger partial charge on any atom is -0.466 e. The highest BCUT2D eigenvalue weighted by Gasteiger charge is 2.25. The van der Waals surface area contributed by atoms with E-state index in [2.05, 4.69) is 0 Å². The predicted molar refractivity (Wildman–Crippen MR) is 72.4 cm³/mol. The average molecular weight is 266 g/mol. The molecule has 1 aliphatic rings. The maximum Gasteiger partial charge on any atom is 0.313 e. The minimum absolute atomic E-state index is 0.216. The summed E-state index contributed by atoms with van der Waals surface area (Å²) in [7, 11) is 0. The SMILES string of the molecule is CCOC(=O)[C@@H](C)C1=CCC([C@H](C)C(=O)OCC)=C1. The Morgan fingerprint density at radius 1 is 1.11 bits per heavy atom. The number of carbonyl (C=O) groups excluding carboxylic acids is 2. The smallest absolute Gasteiger partial charge is 0.313 e. The van der Waals surface area contributed by atoms with Crippen molar-refractivity contribution in [3.63, 3.8) is 0 Å². The Kier molecular flexibility index (Phi) is 5.80. The van der Waals surface area contributed by atoms with E-state index in [4.69, 9.17) is 9.47 Å². The van der Waals surface area contributed by atoms with Gasteiger partial charge in [0.2, 0.25) is 0 Å². The molecule has 0 aliphatic heterocycles. The van der Waals surface area contributed by atoms with Gasteiger partial charge in [-0.05, 0) is 39.7 Å². The molecule has 0 spiro atoms. The Hall–Kier alpha value is -1.58. The lowest BCUT2D eigenvalue weighted by Gasteiger charge is -2.12. The summed E-state index contributed by atoms with van der Waals surface area (Å²) in [4.78, 5) is 23.3. The van der Waals surface area contributed by atoms with E-state index in [9.17, 15) is 9.59 Å². The molecule has 1 rings (SSSR count). The molecule has 0 radical (unpaired) electrons. The molecule has 0 amide bonds. The molecular formula is C15H22O4. The number of esters is 2. The van der Waals surface area contributed by atoms with E-state index in [1.807, 2.05) is 26.0 Å². The molecule has 0 unspecified atom stereocenters. The van der Waals surface area contributed by atoms with E-state index >= 15 is 0 Å². The zero-order chi connectivity index (χ0) is 14.4. The molecular weight excluding hydrogens is 244 g/mol. The largest absolute Gasteiger partial charge is 0.466 e. The van der Waals surface area contributed by atoms with Gasteiger partial charge in [-0.1, -0.05) is 17.7 Å². The van der Waals surface area contributed by atoms with Crippen molar-refractivity contribution < 1.29 is 19.1 Å². The highest BCUT2D eigenvalue weighted by Crippen LogP contribution is 2.29. The van der Waals surface area contributed by atoms with Crippen molar-refractivity contribution in [2.45, 2.75) is 34.1 Å². The summed E-state index contributed by atoms with van der Waals surface area (Å²) >= 11 is 0. The van der Waals surface area contributed by atoms with Gasteiger partial charge in [-0.25, -0.2) is 0 Å². The number of rotatable bonds is 6. The van der Waals surface area contributed by atoms with Gasteiger partial charge in [0.05, 0.1) is 25.0 Å². The molecule has 0 bridgehead atoms. The van der Waals surface area contributed by atoms with Crippen LogP contribution in [0.3, 0.4) is 0 Å². The van der Waals surface area contributed by atoms with Crippen LogP contribution in [-0.4, -0.2) is 25.2 Å². The highest BCUT2D eigenvalue weighted by atomic mass is 16.5. The van der Waals surface area contributed by atoms with E-state index in [1.165, 1.54) is 0 Å². The first-order chi connectivity index (χ1) is 9.01. The van der Waals surface area contributed by atoms with Crippen LogP contribution in [0.1, 0.15) is 34.1 Å². The van der Waals surface area contributed by atoms with Gasteiger partial charge in [0.15, 0.2) is 0 Å². The van der Waals surface area contributed by atoms with E-state index in [-0.39, 0.29) is 23.8 Å². The second kappa shape index (κ2) is 7.12. The van der Waals surface area contributed by atoms with Crippen molar-refractivity contribution in [3.8, 4) is 0 Å². The Balaban J connectivity index is 2.67. The summed E-state index contributed by atoms with van der Waals surface area (Å²) in [5, 5.41) is 0. The fourth-order valence-corrected chi connectivity index (χ4v) is 1.99. The molecule has 2 atom stereocenters. The topological polar surface area (TPSA) is 52.6 Å². The number of ether oxygens (including phenoxy) is 2. The minimum atomic E-state index is -0.285. The fourth-order valence-electron chi connectivity index (χ4n) is 1.99. The molecule has 1 aliphatic carbocycles. The lowest BCUT2D eigenvalue weighted by Crippen LogP contribution is -2.17. The summed E-state index contributed by atoms with van der Waals surface area (Å²) in [5.74, 6) is -0.989. The van der Waals surface area contributed by atoms with Crippen LogP contribution in [0.2, 0.25) is 0 Å². The molecule has 0 aromatic rings. The predicted octanol–water partition coefficient (Wildman–Crippen LogP) is 2.64. The third-order valence-corrected chi connectivity index (χ3v) is 3.26. The van der Waals surface area contributed by atoms with Crippen LogP contribution >= 0.6 is 0 Å². The van der Waals surface area contributed by atoms with Crippen LogP contribution in [0.15, 0.2) is 23.3 Å². The number of hydrogen-bond donors (Lipinski definition) is 0. The summed E-state index contributed by atoms with van der Waals surface area (Å²) in [6.07, 6.45) is 4.59. The normalized spacial score (nSPS) is 17.3. The lowest BCUT2D eigenvalue weighted by atomic mass is 9.99. The van der Waals surface area contributed by atoms with Crippen molar-refractivity contribution in [1.82, 2.24) is 0 Å². The number of carbonyl (C=O) groups is 2. The van der Waals surface area contributed by atoms with Crippen LogP contribution < -0.4 is 0 Å². The molecule has 0 saturated carbocycles. The summed E-state index contributed by atoms with van der Waals surface area (Å²) < 4.78 is 10.0. The maximum atomic E-state index is 11.7. The van der Waals surface area contributed by atoms with Crippen LogP contribution in [0.4, 0.5) is 0 Å². The first-order valence-electron chi connectivity index (χ1n) is 6.75. The fraction of sp³-hybridized carbons (Fsp3) is 0.600. The van der Waals surface area contributed by atoms with E-state index in [0.29, 0.717) is 19.6 Å². The van der Waals surface area contributed by atoms with Crippen molar-refractivity contribution in [2.75, 3.05) is 13.2 Å². The van der Waals surface area contributed by atoms with Crippen LogP contribution in [-0.2, 0) is 19.1 Å². The number of hydrogen-bond acceptors (Lipinski definition) is 4. The molecule has 0 aromatic heterocycles.